The van der Waals surface area contributed by atoms with Gasteiger partial charge in [-0.3, -0.25) is 10.1 Å². The number of nitrogens with one attached hydrogen (secondary N) is 2. The van der Waals surface area contributed by atoms with Crippen LogP contribution in [-0.2, 0) is 9.84 Å². The van der Waals surface area contributed by atoms with Crippen molar-refractivity contribution >= 4 is 33.2 Å². The molecule has 1 heterocycles. The van der Waals surface area contributed by atoms with Gasteiger partial charge in [0.25, 0.3) is 5.91 Å². The quantitative estimate of drug-likeness (QED) is 0.738. The molecule has 3 rings (SSSR count). The van der Waals surface area contributed by atoms with E-state index >= 15 is 0 Å². The van der Waals surface area contributed by atoms with Gasteiger partial charge in [0, 0.05) is 12.1 Å². The first-order chi connectivity index (χ1) is 11.5. The summed E-state index contributed by atoms with van der Waals surface area (Å²) in [5.74, 6) is -0.306. The van der Waals surface area contributed by atoms with Gasteiger partial charge in [0.2, 0.25) is 0 Å². The maximum atomic E-state index is 12.2. The molecule has 0 spiro atoms. The Morgan fingerprint density at radius 2 is 1.83 bits per heavy atom. The van der Waals surface area contributed by atoms with Crippen molar-refractivity contribution in [3.05, 3.63) is 64.6 Å². The molecule has 1 fully saturated rings. The smallest absolute Gasteiger partial charge is 0.255 e. The molecule has 0 aromatic heterocycles. The minimum Gasteiger partial charge on any atom is -0.397 e. The van der Waals surface area contributed by atoms with E-state index in [1.165, 1.54) is 0 Å². The van der Waals surface area contributed by atoms with E-state index in [-0.39, 0.29) is 11.8 Å². The van der Waals surface area contributed by atoms with Crippen LogP contribution in [0.4, 0.5) is 11.4 Å². The maximum Gasteiger partial charge on any atom is 0.255 e. The van der Waals surface area contributed by atoms with Gasteiger partial charge >= 0.3 is 0 Å². The van der Waals surface area contributed by atoms with Crippen molar-refractivity contribution < 1.29 is 13.2 Å². The van der Waals surface area contributed by atoms with E-state index in [4.69, 9.17) is 5.73 Å². The Morgan fingerprint density at radius 3 is 2.46 bits per heavy atom. The molecule has 1 aliphatic rings. The van der Waals surface area contributed by atoms with Crippen LogP contribution >= 0.6 is 0 Å². The van der Waals surface area contributed by atoms with Gasteiger partial charge in [-0.05, 0) is 35.9 Å². The third-order valence-corrected chi connectivity index (χ3v) is 5.35. The van der Waals surface area contributed by atoms with Crippen molar-refractivity contribution in [3.8, 4) is 0 Å². The first-order valence-corrected chi connectivity index (χ1v) is 9.01. The molecular formula is C17H17N3O3S. The number of hydrogen-bond acceptors (Lipinski definition) is 5. The summed E-state index contributed by atoms with van der Waals surface area (Å²) < 4.78 is 23.5. The van der Waals surface area contributed by atoms with E-state index in [9.17, 15) is 13.2 Å². The van der Waals surface area contributed by atoms with Gasteiger partial charge in [-0.1, -0.05) is 24.3 Å². The van der Waals surface area contributed by atoms with Crippen LogP contribution in [0.2, 0.25) is 0 Å². The molecule has 2 aromatic rings. The van der Waals surface area contributed by atoms with E-state index < -0.39 is 9.84 Å². The van der Waals surface area contributed by atoms with Crippen LogP contribution in [0.3, 0.4) is 0 Å². The topological polar surface area (TPSA) is 101 Å². The average molecular weight is 343 g/mol. The first-order valence-electron chi connectivity index (χ1n) is 7.36. The highest BCUT2D eigenvalue weighted by atomic mass is 32.2. The minimum absolute atomic E-state index is 0.0299. The summed E-state index contributed by atoms with van der Waals surface area (Å²) in [6, 6.07) is 13.7. The van der Waals surface area contributed by atoms with E-state index in [0.29, 0.717) is 28.4 Å². The van der Waals surface area contributed by atoms with E-state index in [1.807, 2.05) is 0 Å². The highest BCUT2D eigenvalue weighted by Crippen LogP contribution is 2.19. The standard InChI is InChI=1S/C17H17N3O3S/c18-15-3-1-2-4-16(15)20-17(21)13-7-5-12(6-8-13)9-14-10-19-11-24(14,22)23/h1-9,19H,10-11,18H2,(H,20,21)/b14-9+. The van der Waals surface area contributed by atoms with Gasteiger partial charge in [-0.25, -0.2) is 8.42 Å². The maximum absolute atomic E-state index is 12.2. The number of benzene rings is 2. The SMILES string of the molecule is Nc1ccccc1NC(=O)c1ccc(/C=C2\CNCS2(=O)=O)cc1. The summed E-state index contributed by atoms with van der Waals surface area (Å²) in [6.07, 6.45) is 1.62. The van der Waals surface area contributed by atoms with Gasteiger partial charge in [0.05, 0.1) is 16.3 Å². The number of para-hydroxylation sites is 2. The molecule has 2 aromatic carbocycles. The van der Waals surface area contributed by atoms with Crippen LogP contribution in [-0.4, -0.2) is 26.7 Å². The number of anilines is 2. The number of amides is 1. The fourth-order valence-electron chi connectivity index (χ4n) is 2.37. The van der Waals surface area contributed by atoms with Gasteiger partial charge in [-0.2, -0.15) is 0 Å². The molecule has 4 N–H and O–H groups in total. The van der Waals surface area contributed by atoms with Gasteiger partial charge in [-0.15, -0.1) is 0 Å². The second-order valence-electron chi connectivity index (χ2n) is 5.46. The summed E-state index contributed by atoms with van der Waals surface area (Å²) >= 11 is 0. The van der Waals surface area contributed by atoms with Crippen molar-refractivity contribution in [2.24, 2.45) is 0 Å². The predicted octanol–water partition coefficient (Wildman–Crippen LogP) is 1.84. The molecule has 1 saturated heterocycles. The van der Waals surface area contributed by atoms with Gasteiger partial charge in [0.1, 0.15) is 5.88 Å². The van der Waals surface area contributed by atoms with Crippen molar-refractivity contribution in [1.29, 1.82) is 0 Å². The lowest BCUT2D eigenvalue weighted by Gasteiger charge is -2.08. The zero-order valence-electron chi connectivity index (χ0n) is 12.8. The summed E-state index contributed by atoms with van der Waals surface area (Å²) in [6.45, 7) is 0.331. The Labute approximate surface area is 140 Å². The van der Waals surface area contributed by atoms with Crippen LogP contribution < -0.4 is 16.4 Å². The van der Waals surface area contributed by atoms with E-state index in [2.05, 4.69) is 10.6 Å². The lowest BCUT2D eigenvalue weighted by Crippen LogP contribution is -2.13. The Kier molecular flexibility index (Phi) is 4.37. The Hall–Kier alpha value is -2.64. The molecule has 0 bridgehead atoms. The van der Waals surface area contributed by atoms with E-state index in [1.54, 1.807) is 54.6 Å². The molecule has 124 valence electrons. The lowest BCUT2D eigenvalue weighted by atomic mass is 10.1. The van der Waals surface area contributed by atoms with Gasteiger partial charge < -0.3 is 11.1 Å². The zero-order chi connectivity index (χ0) is 17.2. The molecule has 0 unspecified atom stereocenters. The summed E-state index contributed by atoms with van der Waals surface area (Å²) in [5, 5.41) is 5.56. The van der Waals surface area contributed by atoms with Crippen molar-refractivity contribution in [2.45, 2.75) is 0 Å². The van der Waals surface area contributed by atoms with Crippen molar-refractivity contribution in [3.63, 3.8) is 0 Å². The summed E-state index contributed by atoms with van der Waals surface area (Å²) in [5.41, 5.74) is 8.04. The average Bonchev–Trinajstić information content (AvgIpc) is 2.89. The molecular weight excluding hydrogens is 326 g/mol. The monoisotopic (exact) mass is 343 g/mol. The number of rotatable bonds is 3. The van der Waals surface area contributed by atoms with Gasteiger partial charge in [0.15, 0.2) is 9.84 Å². The van der Waals surface area contributed by atoms with Crippen LogP contribution in [0.25, 0.3) is 6.08 Å². The van der Waals surface area contributed by atoms with Crippen molar-refractivity contribution in [1.82, 2.24) is 5.32 Å². The van der Waals surface area contributed by atoms with Crippen LogP contribution in [0.1, 0.15) is 15.9 Å². The molecule has 0 aliphatic carbocycles. The number of carbonyl (C=O) groups excluding carboxylic acids is 1. The second-order valence-corrected chi connectivity index (χ2v) is 7.50. The first kappa shape index (κ1) is 16.2. The largest absolute Gasteiger partial charge is 0.397 e. The molecule has 24 heavy (non-hydrogen) atoms. The number of carbonyl (C=O) groups is 1. The molecule has 1 aliphatic heterocycles. The molecule has 0 saturated carbocycles. The Bertz CT molecular complexity index is 903. The highest BCUT2D eigenvalue weighted by Gasteiger charge is 2.23. The number of sulfone groups is 1. The van der Waals surface area contributed by atoms with Crippen LogP contribution in [0.5, 0.6) is 0 Å². The number of nitrogen functional groups attached to an aromatic ring is 1. The third kappa shape index (κ3) is 3.47. The normalized spacial score (nSPS) is 17.8. The fourth-order valence-corrected chi connectivity index (χ4v) is 3.57. The fraction of sp³-hybridized carbons (Fsp3) is 0.118. The Morgan fingerprint density at radius 1 is 1.12 bits per heavy atom. The summed E-state index contributed by atoms with van der Waals surface area (Å²) in [4.78, 5) is 12.6. The minimum atomic E-state index is -3.20. The van der Waals surface area contributed by atoms with Crippen LogP contribution in [0, 0.1) is 0 Å². The highest BCUT2D eigenvalue weighted by molar-refractivity contribution is 7.95. The third-order valence-electron chi connectivity index (χ3n) is 3.70. The van der Waals surface area contributed by atoms with Crippen LogP contribution in [0.15, 0.2) is 53.4 Å². The lowest BCUT2D eigenvalue weighted by molar-refractivity contribution is 0.102. The Balaban J connectivity index is 1.76. The summed E-state index contributed by atoms with van der Waals surface area (Å²) in [7, 11) is -3.20. The molecule has 0 atom stereocenters. The molecule has 6 nitrogen and oxygen atoms in total. The number of nitrogens with two attached hydrogens (primary N) is 1. The number of hydrogen-bond donors (Lipinski definition) is 3. The molecule has 7 heteroatoms. The molecule has 0 radical (unpaired) electrons. The van der Waals surface area contributed by atoms with Crippen molar-refractivity contribution in [2.75, 3.05) is 23.5 Å². The zero-order valence-corrected chi connectivity index (χ0v) is 13.6. The molecule has 1 amide bonds. The second kappa shape index (κ2) is 6.46. The predicted molar refractivity (Wildman–Crippen MR) is 95.0 cm³/mol. The van der Waals surface area contributed by atoms with E-state index in [0.717, 1.165) is 5.56 Å².